The Morgan fingerprint density at radius 2 is 1.78 bits per heavy atom. The normalized spacial score (nSPS) is 13.6. The van der Waals surface area contributed by atoms with E-state index in [0.717, 1.165) is 5.39 Å². The summed E-state index contributed by atoms with van der Waals surface area (Å²) < 4.78 is 5.76. The Balaban J connectivity index is 1.96. The molecule has 1 N–H and O–H groups in total. The molecule has 0 unspecified atom stereocenters. The number of furan rings is 1. The number of aromatic nitrogens is 1. The average molecular weight is 305 g/mol. The van der Waals surface area contributed by atoms with Gasteiger partial charge in [-0.3, -0.25) is 9.59 Å². The van der Waals surface area contributed by atoms with Gasteiger partial charge in [0.25, 0.3) is 0 Å². The van der Waals surface area contributed by atoms with Gasteiger partial charge in [-0.1, -0.05) is 18.2 Å². The van der Waals surface area contributed by atoms with Crippen molar-refractivity contribution in [1.82, 2.24) is 4.98 Å². The lowest BCUT2D eigenvalue weighted by Crippen LogP contribution is -2.15. The zero-order chi connectivity index (χ0) is 16.0. The fourth-order valence-corrected chi connectivity index (χ4v) is 2.68. The molecular weight excluding hydrogens is 294 g/mol. The topological polar surface area (TPSA) is 80.4 Å². The third-order valence-corrected chi connectivity index (χ3v) is 3.82. The van der Waals surface area contributed by atoms with Crippen LogP contribution in [0.5, 0.6) is 0 Å². The zero-order valence-electron chi connectivity index (χ0n) is 11.9. The fourth-order valence-electron chi connectivity index (χ4n) is 2.68. The second kappa shape index (κ2) is 5.00. The monoisotopic (exact) mass is 305 g/mol. The number of hydrogen-bond donors (Lipinski definition) is 1. The number of ketones is 2. The Hall–Kier alpha value is -3.05. The predicted molar refractivity (Wildman–Crippen MR) is 83.2 cm³/mol. The molecule has 2 heterocycles. The summed E-state index contributed by atoms with van der Waals surface area (Å²) >= 11 is 0. The second-order valence-corrected chi connectivity index (χ2v) is 5.26. The van der Waals surface area contributed by atoms with Crippen molar-refractivity contribution in [3.63, 3.8) is 0 Å². The Labute approximate surface area is 130 Å². The molecule has 112 valence electrons. The highest BCUT2D eigenvalue weighted by atomic mass is 16.3. The summed E-state index contributed by atoms with van der Waals surface area (Å²) in [5.41, 5.74) is 1.80. The van der Waals surface area contributed by atoms with Crippen molar-refractivity contribution in [1.29, 1.82) is 0 Å². The average Bonchev–Trinajstić information content (AvgIpc) is 3.01. The number of allylic oxidation sites excluding steroid dienone is 2. The second-order valence-electron chi connectivity index (χ2n) is 5.26. The van der Waals surface area contributed by atoms with Crippen LogP contribution >= 0.6 is 0 Å². The van der Waals surface area contributed by atoms with E-state index in [0.29, 0.717) is 22.6 Å². The van der Waals surface area contributed by atoms with Crippen LogP contribution in [0.3, 0.4) is 0 Å². The summed E-state index contributed by atoms with van der Waals surface area (Å²) in [6.45, 7) is -0.308. The van der Waals surface area contributed by atoms with Crippen molar-refractivity contribution in [2.24, 2.45) is 0 Å². The van der Waals surface area contributed by atoms with Crippen molar-refractivity contribution >= 4 is 22.5 Å². The molecule has 23 heavy (non-hydrogen) atoms. The number of carbonyl (C=O) groups is 2. The van der Waals surface area contributed by atoms with E-state index in [1.54, 1.807) is 6.07 Å². The van der Waals surface area contributed by atoms with Crippen LogP contribution in [0.4, 0.5) is 0 Å². The van der Waals surface area contributed by atoms with E-state index in [1.807, 2.05) is 24.3 Å². The first-order valence-corrected chi connectivity index (χ1v) is 7.08. The molecular formula is C18H11NO4. The molecule has 0 aliphatic heterocycles. The van der Waals surface area contributed by atoms with Crippen molar-refractivity contribution in [3.05, 3.63) is 65.4 Å². The summed E-state index contributed by atoms with van der Waals surface area (Å²) in [6, 6.07) is 10.8. The third-order valence-electron chi connectivity index (χ3n) is 3.82. The van der Waals surface area contributed by atoms with Gasteiger partial charge in [0.1, 0.15) is 17.0 Å². The molecule has 0 bridgehead atoms. The first-order chi connectivity index (χ1) is 11.2. The van der Waals surface area contributed by atoms with Crippen LogP contribution in [-0.2, 0) is 6.61 Å². The predicted octanol–water partition coefficient (Wildman–Crippen LogP) is 2.92. The van der Waals surface area contributed by atoms with Gasteiger partial charge in [-0.2, -0.15) is 0 Å². The molecule has 3 aromatic rings. The van der Waals surface area contributed by atoms with E-state index in [9.17, 15) is 14.7 Å². The SMILES string of the molecule is O=C1C=CC(=O)c2nc(-c3cc4ccccc4o3)c(CO)cc21. The van der Waals surface area contributed by atoms with Gasteiger partial charge in [0, 0.05) is 10.9 Å². The van der Waals surface area contributed by atoms with Gasteiger partial charge in [-0.25, -0.2) is 4.98 Å². The summed E-state index contributed by atoms with van der Waals surface area (Å²) in [7, 11) is 0. The van der Waals surface area contributed by atoms with Gasteiger partial charge in [-0.15, -0.1) is 0 Å². The molecule has 1 aromatic carbocycles. The van der Waals surface area contributed by atoms with Gasteiger partial charge in [-0.05, 0) is 30.4 Å². The number of aliphatic hydroxyl groups is 1. The molecule has 0 atom stereocenters. The van der Waals surface area contributed by atoms with Crippen LogP contribution in [0.2, 0.25) is 0 Å². The van der Waals surface area contributed by atoms with E-state index >= 15 is 0 Å². The van der Waals surface area contributed by atoms with Gasteiger partial charge >= 0.3 is 0 Å². The van der Waals surface area contributed by atoms with Gasteiger partial charge in [0.15, 0.2) is 11.5 Å². The number of nitrogens with zero attached hydrogens (tertiary/aromatic N) is 1. The fraction of sp³-hybridized carbons (Fsp3) is 0.0556. The standard InChI is InChI=1S/C18H11NO4/c20-9-11-7-12-13(21)5-6-14(22)18(12)19-17(11)16-8-10-3-1-2-4-15(10)23-16/h1-8,20H,9H2. The maximum Gasteiger partial charge on any atom is 0.205 e. The molecule has 4 rings (SSSR count). The molecule has 0 radical (unpaired) electrons. The number of pyridine rings is 1. The highest BCUT2D eigenvalue weighted by molar-refractivity contribution is 6.21. The minimum atomic E-state index is -0.332. The molecule has 2 aromatic heterocycles. The Bertz CT molecular complexity index is 964. The number of benzene rings is 1. The quantitative estimate of drug-likeness (QED) is 0.787. The minimum Gasteiger partial charge on any atom is -0.454 e. The first-order valence-electron chi connectivity index (χ1n) is 7.08. The van der Waals surface area contributed by atoms with Crippen molar-refractivity contribution < 1.29 is 19.1 Å². The van der Waals surface area contributed by atoms with E-state index in [1.165, 1.54) is 18.2 Å². The number of para-hydroxylation sites is 1. The third kappa shape index (κ3) is 2.10. The van der Waals surface area contributed by atoms with Gasteiger partial charge < -0.3 is 9.52 Å². The highest BCUT2D eigenvalue weighted by Gasteiger charge is 2.24. The smallest absolute Gasteiger partial charge is 0.205 e. The van der Waals surface area contributed by atoms with Crippen LogP contribution in [-0.4, -0.2) is 21.7 Å². The molecule has 0 spiro atoms. The summed E-state index contributed by atoms with van der Waals surface area (Å²) in [5, 5.41) is 10.5. The number of carbonyl (C=O) groups excluding carboxylic acids is 2. The van der Waals surface area contributed by atoms with E-state index in [2.05, 4.69) is 4.98 Å². The Morgan fingerprint density at radius 3 is 2.57 bits per heavy atom. The number of aliphatic hydroxyl groups excluding tert-OH is 1. The van der Waals surface area contributed by atoms with Crippen LogP contribution in [0, 0.1) is 0 Å². The lowest BCUT2D eigenvalue weighted by Gasteiger charge is -2.12. The van der Waals surface area contributed by atoms with E-state index < -0.39 is 0 Å². The first kappa shape index (κ1) is 13.6. The number of fused-ring (bicyclic) bond motifs is 2. The van der Waals surface area contributed by atoms with Crippen molar-refractivity contribution in [2.75, 3.05) is 0 Å². The van der Waals surface area contributed by atoms with Gasteiger partial charge in [0.2, 0.25) is 5.78 Å². The Kier molecular flexibility index (Phi) is 2.96. The van der Waals surface area contributed by atoms with Gasteiger partial charge in [0.05, 0.1) is 12.2 Å². The molecule has 0 saturated carbocycles. The number of rotatable bonds is 2. The molecule has 1 aliphatic carbocycles. The lowest BCUT2D eigenvalue weighted by atomic mass is 9.96. The van der Waals surface area contributed by atoms with Crippen LogP contribution in [0.25, 0.3) is 22.4 Å². The van der Waals surface area contributed by atoms with Crippen LogP contribution in [0.15, 0.2) is 53.0 Å². The van der Waals surface area contributed by atoms with E-state index in [4.69, 9.17) is 4.42 Å². The summed E-state index contributed by atoms with van der Waals surface area (Å²) in [4.78, 5) is 28.2. The molecule has 0 fully saturated rings. The molecule has 0 saturated heterocycles. The molecule has 5 nitrogen and oxygen atoms in total. The molecule has 0 amide bonds. The summed E-state index contributed by atoms with van der Waals surface area (Å²) in [5.74, 6) is -0.174. The summed E-state index contributed by atoms with van der Waals surface area (Å²) in [6.07, 6.45) is 2.42. The van der Waals surface area contributed by atoms with Crippen LogP contribution in [0.1, 0.15) is 26.4 Å². The minimum absolute atomic E-state index is 0.0881. The van der Waals surface area contributed by atoms with Crippen molar-refractivity contribution in [3.8, 4) is 11.5 Å². The number of hydrogen-bond acceptors (Lipinski definition) is 5. The maximum absolute atomic E-state index is 12.0. The molecule has 1 aliphatic rings. The Morgan fingerprint density at radius 1 is 1.00 bits per heavy atom. The maximum atomic E-state index is 12.0. The van der Waals surface area contributed by atoms with E-state index in [-0.39, 0.29) is 29.4 Å². The largest absolute Gasteiger partial charge is 0.454 e. The van der Waals surface area contributed by atoms with Crippen LogP contribution < -0.4 is 0 Å². The van der Waals surface area contributed by atoms with Crippen molar-refractivity contribution in [2.45, 2.75) is 6.61 Å². The molecule has 5 heteroatoms. The lowest BCUT2D eigenvalue weighted by molar-refractivity contribution is 0.0990. The highest BCUT2D eigenvalue weighted by Crippen LogP contribution is 2.31. The zero-order valence-corrected chi connectivity index (χ0v) is 11.9.